The van der Waals surface area contributed by atoms with E-state index in [2.05, 4.69) is 28.9 Å². The highest BCUT2D eigenvalue weighted by Crippen LogP contribution is 2.40. The number of nitrogens with zero attached hydrogens (tertiary/aromatic N) is 1. The Hall–Kier alpha value is -4.13. The number of amides is 1. The van der Waals surface area contributed by atoms with Gasteiger partial charge in [0.1, 0.15) is 29.9 Å². The third kappa shape index (κ3) is 7.15. The van der Waals surface area contributed by atoms with E-state index in [1.807, 2.05) is 41.7 Å². The standard InChI is InChI=1S/C27H31N3O4S.C2H2O4/c1-16-11-17(26-13-20-23(33-2)6-4-8-25(20)35-26)9-10-30(16)14-18(31)15-34-24-7-3-5-21-19(24)12-22(29-21)27(28)32;3-1(4)2(5)6/h3-8,12-13,16-18,29,31H,9-11,14-15H2,1-2H3,(H2,28,32);(H,3,4)(H,5,6)/t16-,17-,18+;/m1./s1. The summed E-state index contributed by atoms with van der Waals surface area (Å²) in [4.78, 5) is 36.4. The number of β-amino-alcohol motifs (C(OH)–C–C–N with tert-alkyl or cyclic N) is 1. The molecule has 1 amide bonds. The van der Waals surface area contributed by atoms with Crippen LogP contribution in [0.25, 0.3) is 21.0 Å². The van der Waals surface area contributed by atoms with Gasteiger partial charge >= 0.3 is 11.9 Å². The highest BCUT2D eigenvalue weighted by Gasteiger charge is 2.29. The van der Waals surface area contributed by atoms with E-state index in [-0.39, 0.29) is 6.61 Å². The fourth-order valence-corrected chi connectivity index (χ4v) is 6.31. The van der Waals surface area contributed by atoms with Crippen LogP contribution in [0.1, 0.15) is 41.0 Å². The molecule has 0 spiro atoms. The number of aliphatic hydroxyl groups is 1. The quantitative estimate of drug-likeness (QED) is 0.194. The van der Waals surface area contributed by atoms with Gasteiger partial charge in [-0.1, -0.05) is 12.1 Å². The van der Waals surface area contributed by atoms with Gasteiger partial charge in [0.25, 0.3) is 5.91 Å². The monoisotopic (exact) mass is 583 g/mol. The number of carboxylic acid groups (broad SMARTS) is 2. The number of piperidine rings is 1. The number of thiophene rings is 1. The number of fused-ring (bicyclic) bond motifs is 2. The van der Waals surface area contributed by atoms with Crippen molar-refractivity contribution in [1.29, 1.82) is 0 Å². The number of rotatable bonds is 8. The van der Waals surface area contributed by atoms with Crippen molar-refractivity contribution < 1.29 is 39.2 Å². The number of carbonyl (C=O) groups is 3. The van der Waals surface area contributed by atoms with Crippen LogP contribution in [0.15, 0.2) is 48.5 Å². The molecule has 12 heteroatoms. The average Bonchev–Trinajstić information content (AvgIpc) is 3.58. The molecule has 1 fully saturated rings. The number of H-pyrrole nitrogens is 1. The lowest BCUT2D eigenvalue weighted by Gasteiger charge is -2.38. The van der Waals surface area contributed by atoms with Gasteiger partial charge in [-0.15, -0.1) is 11.3 Å². The lowest BCUT2D eigenvalue weighted by molar-refractivity contribution is -0.159. The number of aromatic nitrogens is 1. The Morgan fingerprint density at radius 2 is 1.80 bits per heavy atom. The van der Waals surface area contributed by atoms with Crippen molar-refractivity contribution in [3.05, 3.63) is 59.1 Å². The van der Waals surface area contributed by atoms with Crippen molar-refractivity contribution in [2.45, 2.75) is 37.8 Å². The Kier molecular flexibility index (Phi) is 9.48. The van der Waals surface area contributed by atoms with E-state index in [0.717, 1.165) is 36.0 Å². The molecule has 3 heterocycles. The summed E-state index contributed by atoms with van der Waals surface area (Å²) in [5.41, 5.74) is 6.50. The maximum atomic E-state index is 11.5. The number of hydrogen-bond acceptors (Lipinski definition) is 8. The second-order valence-corrected chi connectivity index (χ2v) is 11.0. The minimum absolute atomic E-state index is 0.180. The number of likely N-dealkylation sites (tertiary alicyclic amines) is 1. The first kappa shape index (κ1) is 29.8. The zero-order valence-corrected chi connectivity index (χ0v) is 23.5. The minimum atomic E-state index is -1.82. The van der Waals surface area contributed by atoms with Gasteiger partial charge < -0.3 is 35.5 Å². The Morgan fingerprint density at radius 3 is 2.46 bits per heavy atom. The van der Waals surface area contributed by atoms with Crippen LogP contribution in [-0.2, 0) is 9.59 Å². The van der Waals surface area contributed by atoms with Crippen molar-refractivity contribution >= 4 is 50.2 Å². The second-order valence-electron chi connectivity index (χ2n) is 9.93. The van der Waals surface area contributed by atoms with Gasteiger partial charge in [-0.05, 0) is 68.6 Å². The maximum Gasteiger partial charge on any atom is 0.414 e. The number of hydrogen-bond donors (Lipinski definition) is 5. The number of carboxylic acids is 2. The lowest BCUT2D eigenvalue weighted by atomic mass is 9.90. The highest BCUT2D eigenvalue weighted by molar-refractivity contribution is 7.19. The van der Waals surface area contributed by atoms with E-state index in [1.54, 1.807) is 13.2 Å². The van der Waals surface area contributed by atoms with Crippen LogP contribution < -0.4 is 15.2 Å². The van der Waals surface area contributed by atoms with E-state index < -0.39 is 23.9 Å². The van der Waals surface area contributed by atoms with E-state index in [9.17, 15) is 9.90 Å². The van der Waals surface area contributed by atoms with Gasteiger partial charge in [0.2, 0.25) is 0 Å². The van der Waals surface area contributed by atoms with Crippen molar-refractivity contribution in [2.24, 2.45) is 5.73 Å². The number of benzene rings is 2. The molecule has 6 N–H and O–H groups in total. The number of nitrogens with one attached hydrogen (secondary N) is 1. The molecule has 0 bridgehead atoms. The predicted molar refractivity (Wildman–Crippen MR) is 155 cm³/mol. The number of carbonyl (C=O) groups excluding carboxylic acids is 1. The smallest absolute Gasteiger partial charge is 0.414 e. The molecular weight excluding hydrogens is 550 g/mol. The summed E-state index contributed by atoms with van der Waals surface area (Å²) < 4.78 is 12.7. The van der Waals surface area contributed by atoms with Crippen molar-refractivity contribution in [3.8, 4) is 11.5 Å². The molecule has 4 aromatic rings. The third-order valence-corrected chi connectivity index (χ3v) is 8.39. The van der Waals surface area contributed by atoms with E-state index in [1.165, 1.54) is 15.0 Å². The zero-order valence-electron chi connectivity index (χ0n) is 22.7. The molecule has 41 heavy (non-hydrogen) atoms. The van der Waals surface area contributed by atoms with Crippen molar-refractivity contribution in [1.82, 2.24) is 9.88 Å². The Labute approximate surface area is 240 Å². The molecule has 3 atom stereocenters. The van der Waals surface area contributed by atoms with Gasteiger partial charge in [-0.2, -0.15) is 0 Å². The number of ether oxygens (including phenoxy) is 2. The van der Waals surface area contributed by atoms with Gasteiger partial charge in [0.05, 0.1) is 7.11 Å². The Bertz CT molecular complexity index is 1540. The molecule has 11 nitrogen and oxygen atoms in total. The lowest BCUT2D eigenvalue weighted by Crippen LogP contribution is -2.45. The van der Waals surface area contributed by atoms with Crippen LogP contribution >= 0.6 is 11.3 Å². The van der Waals surface area contributed by atoms with Crippen LogP contribution in [0.5, 0.6) is 11.5 Å². The first-order valence-corrected chi connectivity index (χ1v) is 13.9. The minimum Gasteiger partial charge on any atom is -0.496 e. The zero-order chi connectivity index (χ0) is 29.7. The SMILES string of the molecule is COc1cccc2sc([C@@H]3CCN(C[C@H](O)COc4cccc5[nH]c(C(N)=O)cc45)[C@H](C)C3)cc12.O=C(O)C(=O)O. The molecule has 0 aliphatic carbocycles. The molecular formula is C29H33N3O8S. The molecule has 0 unspecified atom stereocenters. The Balaban J connectivity index is 0.000000585. The van der Waals surface area contributed by atoms with Crippen LogP contribution in [0.4, 0.5) is 0 Å². The van der Waals surface area contributed by atoms with Crippen molar-refractivity contribution in [3.63, 3.8) is 0 Å². The molecule has 1 aliphatic heterocycles. The molecule has 0 saturated carbocycles. The number of aromatic amines is 1. The first-order chi connectivity index (χ1) is 19.6. The summed E-state index contributed by atoms with van der Waals surface area (Å²) >= 11 is 1.86. The van der Waals surface area contributed by atoms with Crippen LogP contribution in [-0.4, -0.2) is 82.0 Å². The molecule has 2 aromatic heterocycles. The summed E-state index contributed by atoms with van der Waals surface area (Å²) in [6, 6.07) is 16.1. The summed E-state index contributed by atoms with van der Waals surface area (Å²) in [6.45, 7) is 3.91. The number of nitrogens with two attached hydrogens (primary N) is 1. The molecule has 0 radical (unpaired) electrons. The topological polar surface area (TPSA) is 175 Å². The fourth-order valence-electron chi connectivity index (χ4n) is 5.08. The number of aliphatic hydroxyl groups excluding tert-OH is 1. The van der Waals surface area contributed by atoms with E-state index >= 15 is 0 Å². The molecule has 1 aliphatic rings. The molecule has 5 rings (SSSR count). The van der Waals surface area contributed by atoms with Crippen LogP contribution in [0.3, 0.4) is 0 Å². The molecule has 2 aromatic carbocycles. The summed E-state index contributed by atoms with van der Waals surface area (Å²) in [5, 5.41) is 27.5. The predicted octanol–water partition coefficient (Wildman–Crippen LogP) is 3.65. The average molecular weight is 584 g/mol. The fraction of sp³-hybridized carbons (Fsp3) is 0.345. The van der Waals surface area contributed by atoms with Gasteiger partial charge in [0, 0.05) is 38.5 Å². The second kappa shape index (κ2) is 13.0. The summed E-state index contributed by atoms with van der Waals surface area (Å²) in [6.07, 6.45) is 1.50. The van der Waals surface area contributed by atoms with Gasteiger partial charge in [-0.25, -0.2) is 9.59 Å². The van der Waals surface area contributed by atoms with Crippen molar-refractivity contribution in [2.75, 3.05) is 26.8 Å². The van der Waals surface area contributed by atoms with Gasteiger partial charge in [0.15, 0.2) is 0 Å². The number of aliphatic carboxylic acids is 2. The molecule has 1 saturated heterocycles. The number of methoxy groups -OCH3 is 1. The third-order valence-electron chi connectivity index (χ3n) is 7.13. The van der Waals surface area contributed by atoms with Crippen LogP contribution in [0.2, 0.25) is 0 Å². The highest BCUT2D eigenvalue weighted by atomic mass is 32.1. The van der Waals surface area contributed by atoms with E-state index in [0.29, 0.717) is 29.9 Å². The normalized spacial score (nSPS) is 17.9. The van der Waals surface area contributed by atoms with Crippen LogP contribution in [0, 0.1) is 0 Å². The van der Waals surface area contributed by atoms with E-state index in [4.69, 9.17) is 35.0 Å². The van der Waals surface area contributed by atoms with Gasteiger partial charge in [-0.3, -0.25) is 9.69 Å². The summed E-state index contributed by atoms with van der Waals surface area (Å²) in [5.74, 6) is -2.09. The largest absolute Gasteiger partial charge is 0.496 e. The first-order valence-electron chi connectivity index (χ1n) is 13.1. The number of primary amides is 1. The molecule has 218 valence electrons. The maximum absolute atomic E-state index is 11.5. The summed E-state index contributed by atoms with van der Waals surface area (Å²) in [7, 11) is 1.72. The Morgan fingerprint density at radius 1 is 1.10 bits per heavy atom.